The van der Waals surface area contributed by atoms with E-state index < -0.39 is 69.4 Å². The van der Waals surface area contributed by atoms with Crippen LogP contribution in [0.5, 0.6) is 0 Å². The van der Waals surface area contributed by atoms with Crippen LogP contribution in [0.1, 0.15) is 33.4 Å². The quantitative estimate of drug-likeness (QED) is 0.189. The zero-order valence-corrected chi connectivity index (χ0v) is 24.9. The lowest BCUT2D eigenvalue weighted by Gasteiger charge is -2.17. The van der Waals surface area contributed by atoms with Crippen molar-refractivity contribution in [3.05, 3.63) is 90.9 Å². The number of fused-ring (bicyclic) bond motifs is 6. The first-order chi connectivity index (χ1) is 21.3. The fraction of sp³-hybridized carbons (Fsp3) is 0.200. The molecular weight excluding hydrogens is 658 g/mol. The molecule has 0 fully saturated rings. The fourth-order valence-electron chi connectivity index (χ4n) is 5.89. The van der Waals surface area contributed by atoms with Gasteiger partial charge in [0.2, 0.25) is 0 Å². The standard InChI is InChI=1S/C30H14F6N4O4S2/c1-13-5-15-7-19-25(21(11-37)39-3)20-8-16-9-23(45(41,42)29(31,32)33)24(46(43,44)30(34,35)36)10-18(16)27(20)28(22(12-38)40-4)26(19)17(15)6-14(13)2/h5-6,9-10H,7-8H2,1-2H3/b25-21+,28-22+. The van der Waals surface area contributed by atoms with Crippen molar-refractivity contribution >= 4 is 31.1 Å². The Morgan fingerprint density at radius 3 is 1.52 bits per heavy atom. The van der Waals surface area contributed by atoms with Gasteiger partial charge in [0, 0.05) is 5.22 Å². The molecule has 0 atom stereocenters. The van der Waals surface area contributed by atoms with E-state index in [1.54, 1.807) is 31.2 Å². The molecule has 0 radical (unpaired) electrons. The lowest BCUT2D eigenvalue weighted by atomic mass is 9.90. The van der Waals surface area contributed by atoms with Gasteiger partial charge in [-0.25, -0.2) is 37.0 Å². The van der Waals surface area contributed by atoms with Crippen molar-refractivity contribution in [2.24, 2.45) is 0 Å². The third-order valence-corrected chi connectivity index (χ3v) is 11.1. The number of hydrogen-bond donors (Lipinski definition) is 0. The number of aryl methyl sites for hydroxylation is 2. The third kappa shape index (κ3) is 4.37. The number of rotatable bonds is 2. The van der Waals surface area contributed by atoms with E-state index in [0.717, 1.165) is 11.1 Å². The molecule has 0 unspecified atom stereocenters. The van der Waals surface area contributed by atoms with Crippen LogP contribution in [0.25, 0.3) is 43.3 Å². The molecular formula is C30H14F6N4O4S2. The number of nitriles is 2. The second-order valence-corrected chi connectivity index (χ2v) is 14.2. The van der Waals surface area contributed by atoms with Gasteiger partial charge in [-0.15, -0.1) is 0 Å². The number of benzene rings is 3. The maximum Gasteiger partial charge on any atom is 0.501 e. The summed E-state index contributed by atoms with van der Waals surface area (Å²) in [5, 5.41) is 19.6. The molecule has 0 saturated heterocycles. The molecule has 232 valence electrons. The summed E-state index contributed by atoms with van der Waals surface area (Å²) in [4.78, 5) is 2.16. The van der Waals surface area contributed by atoms with Gasteiger partial charge in [0.05, 0.1) is 35.1 Å². The minimum absolute atomic E-state index is 0.0586. The third-order valence-electron chi connectivity index (χ3n) is 7.97. The van der Waals surface area contributed by atoms with Gasteiger partial charge in [0.1, 0.15) is 0 Å². The van der Waals surface area contributed by atoms with Crippen molar-refractivity contribution < 1.29 is 43.2 Å². The second-order valence-electron chi connectivity index (χ2n) is 10.4. The largest absolute Gasteiger partial charge is 0.501 e. The topological polar surface area (TPSA) is 125 Å². The molecule has 3 aromatic rings. The van der Waals surface area contributed by atoms with Crippen molar-refractivity contribution in [3.8, 4) is 34.4 Å². The van der Waals surface area contributed by atoms with E-state index in [-0.39, 0.29) is 51.2 Å². The predicted molar refractivity (Wildman–Crippen MR) is 149 cm³/mol. The normalized spacial score (nSPS) is 14.9. The first-order valence-electron chi connectivity index (χ1n) is 12.7. The van der Waals surface area contributed by atoms with E-state index in [1.165, 1.54) is 0 Å². The van der Waals surface area contributed by atoms with Crippen LogP contribution in [-0.4, -0.2) is 27.9 Å². The first kappa shape index (κ1) is 32.2. The van der Waals surface area contributed by atoms with Crippen LogP contribution in [0.15, 0.2) is 34.1 Å². The molecule has 0 N–H and O–H groups in total. The van der Waals surface area contributed by atoms with Crippen molar-refractivity contribution in [2.75, 3.05) is 0 Å². The molecule has 0 amide bonds. The molecule has 8 nitrogen and oxygen atoms in total. The van der Waals surface area contributed by atoms with Gasteiger partial charge < -0.3 is 0 Å². The predicted octanol–water partition coefficient (Wildman–Crippen LogP) is 5.13. The summed E-state index contributed by atoms with van der Waals surface area (Å²) in [5.74, 6) is 0. The SMILES string of the molecule is [C-]#[N+]/C(C#N)=c1\c2c(/c(=C(/C#N)[N+]#[C-])c3c1Cc1cc(S(=O)(=O)C(F)(F)F)c(S(=O)(=O)C(F)(F)F)cc1-3)-c1cc(C)c(C)cc1C2. The van der Waals surface area contributed by atoms with Gasteiger partial charge in [0.15, 0.2) is 0 Å². The molecule has 0 spiro atoms. The molecule has 46 heavy (non-hydrogen) atoms. The van der Waals surface area contributed by atoms with Crippen molar-refractivity contribution in [3.63, 3.8) is 0 Å². The summed E-state index contributed by atoms with van der Waals surface area (Å²) in [5.41, 5.74) is -11.7. The molecule has 2 aliphatic carbocycles. The lowest BCUT2D eigenvalue weighted by molar-refractivity contribution is -0.0456. The Hall–Kier alpha value is -5.16. The Kier molecular flexibility index (Phi) is 7.13. The van der Waals surface area contributed by atoms with Crippen LogP contribution in [0.4, 0.5) is 26.3 Å². The highest BCUT2D eigenvalue weighted by atomic mass is 32.2. The summed E-state index contributed by atoms with van der Waals surface area (Å²) in [6.45, 7) is 18.9. The van der Waals surface area contributed by atoms with Crippen LogP contribution in [-0.2, 0) is 32.5 Å². The van der Waals surface area contributed by atoms with E-state index in [2.05, 4.69) is 9.69 Å². The number of halogens is 6. The highest BCUT2D eigenvalue weighted by Gasteiger charge is 2.54. The Balaban J connectivity index is 2.13. The van der Waals surface area contributed by atoms with Crippen molar-refractivity contribution in [1.29, 1.82) is 10.5 Å². The lowest BCUT2D eigenvalue weighted by Crippen LogP contribution is -2.29. The Morgan fingerprint density at radius 2 is 1.09 bits per heavy atom. The van der Waals surface area contributed by atoms with E-state index in [0.29, 0.717) is 11.1 Å². The van der Waals surface area contributed by atoms with Crippen LogP contribution >= 0.6 is 0 Å². The van der Waals surface area contributed by atoms with E-state index >= 15 is 0 Å². The first-order valence-corrected chi connectivity index (χ1v) is 15.6. The molecule has 0 heterocycles. The Bertz CT molecular complexity index is 2460. The second kappa shape index (κ2) is 10.2. The molecule has 16 heteroatoms. The molecule has 0 bridgehead atoms. The molecule has 0 saturated carbocycles. The monoisotopic (exact) mass is 672 g/mol. The van der Waals surface area contributed by atoms with Gasteiger partial charge in [0.25, 0.3) is 31.1 Å². The molecule has 3 aromatic carbocycles. The smallest absolute Gasteiger partial charge is 0.226 e. The summed E-state index contributed by atoms with van der Waals surface area (Å²) >= 11 is 0. The maximum atomic E-state index is 13.8. The van der Waals surface area contributed by atoms with E-state index in [9.17, 15) is 53.7 Å². The molecule has 2 aliphatic rings. The van der Waals surface area contributed by atoms with Gasteiger partial charge in [-0.2, -0.15) is 26.3 Å². The van der Waals surface area contributed by atoms with E-state index in [1.807, 2.05) is 6.92 Å². The van der Waals surface area contributed by atoms with E-state index in [4.69, 9.17) is 13.1 Å². The summed E-state index contributed by atoms with van der Waals surface area (Å²) in [6, 6.07) is 7.25. The molecule has 5 rings (SSSR count). The van der Waals surface area contributed by atoms with Gasteiger partial charge in [-0.3, -0.25) is 0 Å². The Labute approximate surface area is 257 Å². The highest BCUT2D eigenvalue weighted by molar-refractivity contribution is 7.95. The van der Waals surface area contributed by atoms with Crippen LogP contribution in [0.2, 0.25) is 0 Å². The van der Waals surface area contributed by atoms with Crippen molar-refractivity contribution in [1.82, 2.24) is 0 Å². The number of hydrogen-bond acceptors (Lipinski definition) is 6. The number of nitrogens with zero attached hydrogens (tertiary/aromatic N) is 4. The fourth-order valence-corrected chi connectivity index (χ4v) is 8.26. The average Bonchev–Trinajstić information content (AvgIpc) is 3.51. The average molecular weight is 673 g/mol. The summed E-state index contributed by atoms with van der Waals surface area (Å²) < 4.78 is 133. The molecule has 0 aromatic heterocycles. The zero-order chi connectivity index (χ0) is 34.3. The van der Waals surface area contributed by atoms with Gasteiger partial charge in [-0.1, -0.05) is 12.1 Å². The minimum atomic E-state index is -6.74. The number of sulfone groups is 2. The molecule has 0 aliphatic heterocycles. The van der Waals surface area contributed by atoms with Crippen molar-refractivity contribution in [2.45, 2.75) is 47.5 Å². The Morgan fingerprint density at radius 1 is 0.696 bits per heavy atom. The summed E-state index contributed by atoms with van der Waals surface area (Å²) in [7, 11) is -13.4. The van der Waals surface area contributed by atoms with Crippen LogP contribution in [0.3, 0.4) is 0 Å². The van der Waals surface area contributed by atoms with Gasteiger partial charge in [-0.05, 0) is 99.7 Å². The minimum Gasteiger partial charge on any atom is -0.226 e. The van der Waals surface area contributed by atoms with Crippen LogP contribution < -0.4 is 10.4 Å². The number of alkyl halides is 6. The highest BCUT2D eigenvalue weighted by Crippen LogP contribution is 2.46. The maximum absolute atomic E-state index is 13.8. The van der Waals surface area contributed by atoms with Gasteiger partial charge >= 0.3 is 11.0 Å². The summed E-state index contributed by atoms with van der Waals surface area (Å²) in [6.07, 6.45) is -0.505. The van der Waals surface area contributed by atoms with Crippen LogP contribution in [0, 0.1) is 49.7 Å². The zero-order valence-electron chi connectivity index (χ0n) is 23.2.